The van der Waals surface area contributed by atoms with Crippen LogP contribution >= 0.6 is 0 Å². The molecule has 2 aromatic carbocycles. The summed E-state index contributed by atoms with van der Waals surface area (Å²) >= 11 is 0. The van der Waals surface area contributed by atoms with E-state index in [4.69, 9.17) is 0 Å². The molecule has 1 amide bonds. The highest BCUT2D eigenvalue weighted by molar-refractivity contribution is 5.89. The van der Waals surface area contributed by atoms with Gasteiger partial charge in [0.05, 0.1) is 0 Å². The van der Waals surface area contributed by atoms with Crippen molar-refractivity contribution in [2.24, 2.45) is 0 Å². The Morgan fingerprint density at radius 2 is 1.44 bits per heavy atom. The van der Waals surface area contributed by atoms with Crippen molar-refractivity contribution in [3.63, 3.8) is 0 Å². The molecule has 1 aliphatic carbocycles. The summed E-state index contributed by atoms with van der Waals surface area (Å²) in [6.07, 6.45) is 2.41. The predicted octanol–water partition coefficient (Wildman–Crippen LogP) is 5.70. The molecule has 2 aromatic rings. The summed E-state index contributed by atoms with van der Waals surface area (Å²) in [6, 6.07) is 12.6. The van der Waals surface area contributed by atoms with Crippen molar-refractivity contribution in [3.05, 3.63) is 64.2 Å². The number of aryl methyl sites for hydroxylation is 1. The van der Waals surface area contributed by atoms with Gasteiger partial charge in [-0.25, -0.2) is 0 Å². The van der Waals surface area contributed by atoms with Crippen LogP contribution < -0.4 is 5.32 Å². The third-order valence-electron chi connectivity index (χ3n) is 5.75. The lowest BCUT2D eigenvalue weighted by atomic mass is 9.63. The molecule has 0 bridgehead atoms. The summed E-state index contributed by atoms with van der Waals surface area (Å²) in [5.74, 6) is 6.50. The second kappa shape index (κ2) is 6.89. The van der Waals surface area contributed by atoms with Gasteiger partial charge in [0.2, 0.25) is 5.91 Å². The number of amides is 1. The number of carbonyl (C=O) groups is 1. The first-order valence-corrected chi connectivity index (χ1v) is 9.64. The van der Waals surface area contributed by atoms with Crippen LogP contribution in [0.15, 0.2) is 36.4 Å². The molecule has 3 rings (SSSR count). The molecule has 27 heavy (non-hydrogen) atoms. The molecule has 0 unspecified atom stereocenters. The van der Waals surface area contributed by atoms with E-state index in [1.807, 2.05) is 25.1 Å². The van der Waals surface area contributed by atoms with Gasteiger partial charge in [0, 0.05) is 23.7 Å². The fraction of sp³-hybridized carbons (Fsp3) is 0.400. The number of hydrogen-bond donors (Lipinski definition) is 1. The standard InChI is InChI=1S/C25H29NO/c1-17-7-8-20(16-23(17)26-18(2)27)10-9-19-11-12-21-22(15-19)25(5,6)14-13-24(21,3)4/h7-8,11-12,15-16H,13-14H2,1-6H3,(H,26,27). The van der Waals surface area contributed by atoms with E-state index in [2.05, 4.69) is 63.1 Å². The lowest BCUT2D eigenvalue weighted by Gasteiger charge is -2.41. The fourth-order valence-electron chi connectivity index (χ4n) is 3.83. The summed E-state index contributed by atoms with van der Waals surface area (Å²) in [7, 11) is 0. The van der Waals surface area contributed by atoms with Crippen molar-refractivity contribution >= 4 is 11.6 Å². The Bertz CT molecular complexity index is 954. The third kappa shape index (κ3) is 4.08. The SMILES string of the molecule is CC(=O)Nc1cc(C#Cc2ccc3c(c2)C(C)(C)CCC3(C)C)ccc1C. The van der Waals surface area contributed by atoms with Crippen molar-refractivity contribution in [1.29, 1.82) is 0 Å². The minimum absolute atomic E-state index is 0.0669. The predicted molar refractivity (Wildman–Crippen MR) is 113 cm³/mol. The Hall–Kier alpha value is -2.53. The van der Waals surface area contributed by atoms with Gasteiger partial charge in [-0.05, 0) is 71.6 Å². The molecule has 2 heteroatoms. The molecule has 2 nitrogen and oxygen atoms in total. The number of benzene rings is 2. The van der Waals surface area contributed by atoms with Crippen LogP contribution in [-0.4, -0.2) is 5.91 Å². The normalized spacial score (nSPS) is 16.7. The first-order valence-electron chi connectivity index (χ1n) is 9.64. The van der Waals surface area contributed by atoms with Gasteiger partial charge in [-0.1, -0.05) is 51.7 Å². The van der Waals surface area contributed by atoms with E-state index in [1.54, 1.807) is 0 Å². The van der Waals surface area contributed by atoms with Crippen molar-refractivity contribution in [2.45, 2.75) is 65.2 Å². The molecule has 1 N–H and O–H groups in total. The lowest BCUT2D eigenvalue weighted by molar-refractivity contribution is -0.114. The second-order valence-electron chi connectivity index (χ2n) is 8.99. The van der Waals surface area contributed by atoms with Gasteiger partial charge in [0.1, 0.15) is 0 Å². The summed E-state index contributed by atoms with van der Waals surface area (Å²) in [5, 5.41) is 2.87. The van der Waals surface area contributed by atoms with Gasteiger partial charge in [-0.15, -0.1) is 0 Å². The monoisotopic (exact) mass is 359 g/mol. The molecule has 0 atom stereocenters. The van der Waals surface area contributed by atoms with E-state index in [9.17, 15) is 4.79 Å². The highest BCUT2D eigenvalue weighted by atomic mass is 16.1. The molecular weight excluding hydrogens is 330 g/mol. The number of carbonyl (C=O) groups excluding carboxylic acids is 1. The van der Waals surface area contributed by atoms with Crippen LogP contribution in [-0.2, 0) is 15.6 Å². The first-order chi connectivity index (χ1) is 12.6. The van der Waals surface area contributed by atoms with Crippen molar-refractivity contribution < 1.29 is 4.79 Å². The first kappa shape index (κ1) is 19.2. The van der Waals surface area contributed by atoms with Gasteiger partial charge in [0.15, 0.2) is 0 Å². The smallest absolute Gasteiger partial charge is 0.221 e. The van der Waals surface area contributed by atoms with Crippen LogP contribution in [0.5, 0.6) is 0 Å². The fourth-order valence-corrected chi connectivity index (χ4v) is 3.83. The Morgan fingerprint density at radius 1 is 0.889 bits per heavy atom. The highest BCUT2D eigenvalue weighted by Gasteiger charge is 2.36. The molecule has 140 valence electrons. The van der Waals surface area contributed by atoms with E-state index >= 15 is 0 Å². The lowest BCUT2D eigenvalue weighted by Crippen LogP contribution is -2.33. The Balaban J connectivity index is 1.96. The van der Waals surface area contributed by atoms with E-state index < -0.39 is 0 Å². The van der Waals surface area contributed by atoms with Crippen LogP contribution in [0.25, 0.3) is 0 Å². The largest absolute Gasteiger partial charge is 0.326 e. The maximum Gasteiger partial charge on any atom is 0.221 e. The van der Waals surface area contributed by atoms with Gasteiger partial charge < -0.3 is 5.32 Å². The topological polar surface area (TPSA) is 29.1 Å². The minimum atomic E-state index is -0.0669. The quantitative estimate of drug-likeness (QED) is 0.650. The molecule has 0 spiro atoms. The minimum Gasteiger partial charge on any atom is -0.326 e. The Labute approximate surface area is 163 Å². The van der Waals surface area contributed by atoms with E-state index in [1.165, 1.54) is 30.9 Å². The van der Waals surface area contributed by atoms with Gasteiger partial charge in [0.25, 0.3) is 0 Å². The molecule has 0 aromatic heterocycles. The van der Waals surface area contributed by atoms with E-state index in [0.29, 0.717) is 0 Å². The Morgan fingerprint density at radius 3 is 2.07 bits per heavy atom. The summed E-state index contributed by atoms with van der Waals surface area (Å²) in [6.45, 7) is 12.8. The third-order valence-corrected chi connectivity index (χ3v) is 5.75. The van der Waals surface area contributed by atoms with Crippen LogP contribution in [0.2, 0.25) is 0 Å². The summed E-state index contributed by atoms with van der Waals surface area (Å²) < 4.78 is 0. The second-order valence-corrected chi connectivity index (χ2v) is 8.99. The zero-order chi connectivity index (χ0) is 19.8. The number of hydrogen-bond acceptors (Lipinski definition) is 1. The number of fused-ring (bicyclic) bond motifs is 1. The maximum absolute atomic E-state index is 11.4. The number of anilines is 1. The van der Waals surface area contributed by atoms with Crippen molar-refractivity contribution in [3.8, 4) is 11.8 Å². The molecule has 0 aliphatic heterocycles. The molecule has 0 radical (unpaired) electrons. The average molecular weight is 360 g/mol. The van der Waals surface area contributed by atoms with Crippen molar-refractivity contribution in [1.82, 2.24) is 0 Å². The van der Waals surface area contributed by atoms with Crippen LogP contribution in [0, 0.1) is 18.8 Å². The molecule has 1 aliphatic rings. The van der Waals surface area contributed by atoms with Crippen molar-refractivity contribution in [2.75, 3.05) is 5.32 Å². The van der Waals surface area contributed by atoms with Crippen LogP contribution in [0.3, 0.4) is 0 Å². The number of nitrogens with one attached hydrogen (secondary N) is 1. The van der Waals surface area contributed by atoms with Gasteiger partial charge in [-0.2, -0.15) is 0 Å². The zero-order valence-electron chi connectivity index (χ0n) is 17.3. The molecule has 0 saturated heterocycles. The van der Waals surface area contributed by atoms with Crippen LogP contribution in [0.1, 0.15) is 75.3 Å². The van der Waals surface area contributed by atoms with Gasteiger partial charge >= 0.3 is 0 Å². The summed E-state index contributed by atoms with van der Waals surface area (Å²) in [5.41, 5.74) is 7.09. The maximum atomic E-state index is 11.4. The van der Waals surface area contributed by atoms with Crippen LogP contribution in [0.4, 0.5) is 5.69 Å². The zero-order valence-corrected chi connectivity index (χ0v) is 17.3. The van der Waals surface area contributed by atoms with E-state index in [-0.39, 0.29) is 16.7 Å². The average Bonchev–Trinajstić information content (AvgIpc) is 2.59. The molecule has 0 saturated carbocycles. The van der Waals surface area contributed by atoms with E-state index in [0.717, 1.165) is 22.4 Å². The molecule has 0 fully saturated rings. The number of rotatable bonds is 1. The van der Waals surface area contributed by atoms with Gasteiger partial charge in [-0.3, -0.25) is 4.79 Å². The Kier molecular flexibility index (Phi) is 4.91. The highest BCUT2D eigenvalue weighted by Crippen LogP contribution is 2.45. The molecule has 0 heterocycles. The molecular formula is C25H29NO. The summed E-state index contributed by atoms with van der Waals surface area (Å²) in [4.78, 5) is 11.4.